The lowest BCUT2D eigenvalue weighted by Gasteiger charge is -2.11. The van der Waals surface area contributed by atoms with Crippen molar-refractivity contribution in [3.05, 3.63) is 57.0 Å². The number of halogens is 2. The molecular weight excluding hydrogens is 311 g/mol. The number of hydrogen-bond acceptors (Lipinski definition) is 3. The highest BCUT2D eigenvalue weighted by atomic mass is 35.5. The van der Waals surface area contributed by atoms with Gasteiger partial charge in [0, 0.05) is 11.6 Å². The molecular formula is C15H12Cl2N2S. The predicted molar refractivity (Wildman–Crippen MR) is 88.1 cm³/mol. The Morgan fingerprint density at radius 3 is 2.85 bits per heavy atom. The molecule has 0 bridgehead atoms. The average Bonchev–Trinajstić information content (AvgIpc) is 2.88. The number of benzene rings is 2. The summed E-state index contributed by atoms with van der Waals surface area (Å²) in [5.74, 6) is 0. The lowest BCUT2D eigenvalue weighted by atomic mass is 10.1. The number of rotatable bonds is 3. The molecule has 1 heterocycles. The summed E-state index contributed by atoms with van der Waals surface area (Å²) in [6.07, 6.45) is 0. The van der Waals surface area contributed by atoms with E-state index in [0.29, 0.717) is 11.6 Å². The molecule has 1 N–H and O–H groups in total. The van der Waals surface area contributed by atoms with Gasteiger partial charge in [-0.15, -0.1) is 11.3 Å². The van der Waals surface area contributed by atoms with Gasteiger partial charge in [-0.25, -0.2) is 4.98 Å². The van der Waals surface area contributed by atoms with Gasteiger partial charge in [0.2, 0.25) is 0 Å². The first-order chi connectivity index (χ1) is 9.65. The van der Waals surface area contributed by atoms with E-state index >= 15 is 0 Å². The molecule has 1 aromatic heterocycles. The fraction of sp³-hybridized carbons (Fsp3) is 0.133. The van der Waals surface area contributed by atoms with Crippen molar-refractivity contribution in [3.63, 3.8) is 0 Å². The summed E-state index contributed by atoms with van der Waals surface area (Å²) in [5.41, 5.74) is 6.00. The first kappa shape index (κ1) is 13.7. The minimum atomic E-state index is 0.690. The Hall–Kier alpha value is -1.29. The summed E-state index contributed by atoms with van der Waals surface area (Å²) < 4.78 is 1.13. The molecule has 0 amide bonds. The number of anilines is 1. The van der Waals surface area contributed by atoms with Gasteiger partial charge >= 0.3 is 0 Å². The van der Waals surface area contributed by atoms with Gasteiger partial charge in [-0.3, -0.25) is 0 Å². The molecule has 0 aliphatic heterocycles. The van der Waals surface area contributed by atoms with E-state index in [1.54, 1.807) is 11.3 Å². The number of hydrogen-bond donors (Lipinski definition) is 1. The van der Waals surface area contributed by atoms with E-state index in [2.05, 4.69) is 10.3 Å². The Labute approximate surface area is 131 Å². The Morgan fingerprint density at radius 1 is 1.20 bits per heavy atom. The van der Waals surface area contributed by atoms with Crippen LogP contribution in [0.4, 0.5) is 5.69 Å². The molecule has 0 saturated heterocycles. The molecule has 0 fully saturated rings. The van der Waals surface area contributed by atoms with Crippen molar-refractivity contribution in [1.82, 2.24) is 4.98 Å². The quantitative estimate of drug-likeness (QED) is 0.686. The zero-order valence-corrected chi connectivity index (χ0v) is 13.1. The van der Waals surface area contributed by atoms with Gasteiger partial charge in [0.1, 0.15) is 5.52 Å². The van der Waals surface area contributed by atoms with Gasteiger partial charge in [-0.1, -0.05) is 29.3 Å². The fourth-order valence-corrected chi connectivity index (χ4v) is 3.25. The molecule has 2 nitrogen and oxygen atoms in total. The van der Waals surface area contributed by atoms with Crippen molar-refractivity contribution >= 4 is 50.4 Å². The van der Waals surface area contributed by atoms with E-state index in [4.69, 9.17) is 23.2 Å². The van der Waals surface area contributed by atoms with Crippen LogP contribution >= 0.6 is 34.5 Å². The third-order valence-corrected chi connectivity index (χ3v) is 4.56. The van der Waals surface area contributed by atoms with Crippen LogP contribution < -0.4 is 5.32 Å². The number of thiazole rings is 1. The molecule has 0 atom stereocenters. The maximum Gasteiger partial charge on any atom is 0.106 e. The van der Waals surface area contributed by atoms with Crippen LogP contribution in [0, 0.1) is 6.92 Å². The Balaban J connectivity index is 1.90. The summed E-state index contributed by atoms with van der Waals surface area (Å²) in [4.78, 5) is 4.38. The number of aryl methyl sites for hydroxylation is 1. The minimum Gasteiger partial charge on any atom is -0.378 e. The van der Waals surface area contributed by atoms with Gasteiger partial charge in [0.25, 0.3) is 0 Å². The van der Waals surface area contributed by atoms with Crippen molar-refractivity contribution < 1.29 is 0 Å². The van der Waals surface area contributed by atoms with Gasteiger partial charge in [-0.2, -0.15) is 0 Å². The van der Waals surface area contributed by atoms with Crippen LogP contribution in [0.1, 0.15) is 11.1 Å². The highest BCUT2D eigenvalue weighted by Gasteiger charge is 2.09. The summed E-state index contributed by atoms with van der Waals surface area (Å²) in [5, 5.41) is 4.83. The van der Waals surface area contributed by atoms with E-state index in [1.807, 2.05) is 42.8 Å². The normalized spacial score (nSPS) is 10.9. The molecule has 3 rings (SSSR count). The Kier molecular flexibility index (Phi) is 3.83. The molecule has 2 aromatic carbocycles. The first-order valence-electron chi connectivity index (χ1n) is 6.16. The Morgan fingerprint density at radius 2 is 2.05 bits per heavy atom. The first-order valence-corrected chi connectivity index (χ1v) is 7.79. The van der Waals surface area contributed by atoms with Gasteiger partial charge in [0.05, 0.1) is 20.9 Å². The van der Waals surface area contributed by atoms with Crippen LogP contribution in [0.25, 0.3) is 10.2 Å². The zero-order chi connectivity index (χ0) is 14.1. The van der Waals surface area contributed by atoms with Gasteiger partial charge in [0.15, 0.2) is 0 Å². The lowest BCUT2D eigenvalue weighted by molar-refractivity contribution is 1.12. The lowest BCUT2D eigenvalue weighted by Crippen LogP contribution is -2.02. The molecule has 0 aliphatic rings. The van der Waals surface area contributed by atoms with Crippen LogP contribution in [0.5, 0.6) is 0 Å². The number of fused-ring (bicyclic) bond motifs is 1. The molecule has 3 aromatic rings. The minimum absolute atomic E-state index is 0.690. The monoisotopic (exact) mass is 322 g/mol. The zero-order valence-electron chi connectivity index (χ0n) is 10.8. The van der Waals surface area contributed by atoms with Crippen LogP contribution in [-0.4, -0.2) is 4.98 Å². The summed E-state index contributed by atoms with van der Waals surface area (Å²) >= 11 is 13.9. The maximum absolute atomic E-state index is 6.27. The van der Waals surface area contributed by atoms with Crippen LogP contribution in [0.2, 0.25) is 10.0 Å². The van der Waals surface area contributed by atoms with Crippen LogP contribution in [0.3, 0.4) is 0 Å². The molecule has 0 saturated carbocycles. The number of nitrogens with one attached hydrogen (secondary N) is 1. The molecule has 20 heavy (non-hydrogen) atoms. The molecule has 0 radical (unpaired) electrons. The highest BCUT2D eigenvalue weighted by molar-refractivity contribution is 7.16. The van der Waals surface area contributed by atoms with E-state index in [0.717, 1.165) is 26.5 Å². The smallest absolute Gasteiger partial charge is 0.106 e. The second kappa shape index (κ2) is 5.60. The maximum atomic E-state index is 6.27. The Bertz CT molecular complexity index is 768. The van der Waals surface area contributed by atoms with Crippen molar-refractivity contribution in [2.45, 2.75) is 13.5 Å². The third kappa shape index (κ3) is 2.62. The number of nitrogens with zero attached hydrogens (tertiary/aromatic N) is 1. The van der Waals surface area contributed by atoms with E-state index in [-0.39, 0.29) is 0 Å². The molecule has 5 heteroatoms. The average molecular weight is 323 g/mol. The SMILES string of the molecule is Cc1cc(Cl)ccc1CNc1c(Cl)ccc2scnc12. The second-order valence-corrected chi connectivity index (χ2v) is 6.28. The largest absolute Gasteiger partial charge is 0.378 e. The van der Waals surface area contributed by atoms with Gasteiger partial charge < -0.3 is 5.32 Å². The summed E-state index contributed by atoms with van der Waals surface area (Å²) in [7, 11) is 0. The third-order valence-electron chi connectivity index (χ3n) is 3.21. The second-order valence-electron chi connectivity index (χ2n) is 4.55. The van der Waals surface area contributed by atoms with E-state index in [9.17, 15) is 0 Å². The van der Waals surface area contributed by atoms with Crippen LogP contribution in [0.15, 0.2) is 35.8 Å². The predicted octanol–water partition coefficient (Wildman–Crippen LogP) is 5.52. The van der Waals surface area contributed by atoms with Crippen molar-refractivity contribution in [2.75, 3.05) is 5.32 Å². The summed E-state index contributed by atoms with van der Waals surface area (Å²) in [6, 6.07) is 9.78. The van der Waals surface area contributed by atoms with Crippen molar-refractivity contribution in [1.29, 1.82) is 0 Å². The topological polar surface area (TPSA) is 24.9 Å². The molecule has 0 aliphatic carbocycles. The van der Waals surface area contributed by atoms with E-state index < -0.39 is 0 Å². The molecule has 0 unspecified atom stereocenters. The standard InChI is InChI=1S/C15H12Cl2N2S/c1-9-6-11(16)3-2-10(9)7-18-14-12(17)4-5-13-15(14)19-8-20-13/h2-6,8,18H,7H2,1H3. The van der Waals surface area contributed by atoms with Crippen molar-refractivity contribution in [3.8, 4) is 0 Å². The van der Waals surface area contributed by atoms with Crippen molar-refractivity contribution in [2.24, 2.45) is 0 Å². The fourth-order valence-electron chi connectivity index (χ4n) is 2.12. The number of aromatic nitrogens is 1. The van der Waals surface area contributed by atoms with E-state index in [1.165, 1.54) is 5.56 Å². The van der Waals surface area contributed by atoms with Crippen LogP contribution in [-0.2, 0) is 6.54 Å². The van der Waals surface area contributed by atoms with Gasteiger partial charge in [-0.05, 0) is 42.3 Å². The highest BCUT2D eigenvalue weighted by Crippen LogP contribution is 2.32. The summed E-state index contributed by atoms with van der Waals surface area (Å²) in [6.45, 7) is 2.74. The molecule has 0 spiro atoms. The molecule has 102 valence electrons.